The SMILES string of the molecule is CSC(C)CNC(=O)N1CCCCC1CCC(=O)O. The lowest BCUT2D eigenvalue weighted by molar-refractivity contribution is -0.137. The van der Waals surface area contributed by atoms with E-state index in [1.165, 1.54) is 0 Å². The van der Waals surface area contributed by atoms with Gasteiger partial charge < -0.3 is 15.3 Å². The monoisotopic (exact) mass is 288 g/mol. The van der Waals surface area contributed by atoms with Crippen LogP contribution >= 0.6 is 11.8 Å². The molecule has 1 rings (SSSR count). The van der Waals surface area contributed by atoms with Crippen LogP contribution < -0.4 is 5.32 Å². The van der Waals surface area contributed by atoms with Crippen molar-refractivity contribution in [2.75, 3.05) is 19.3 Å². The standard InChI is InChI=1S/C13H24N2O3S/c1-10(19-2)9-14-13(18)15-8-4-3-5-11(15)6-7-12(16)17/h10-11H,3-9H2,1-2H3,(H,14,18)(H,16,17). The first-order valence-corrected chi connectivity index (χ1v) is 8.12. The summed E-state index contributed by atoms with van der Waals surface area (Å²) in [5.41, 5.74) is 0. The second kappa shape index (κ2) is 8.30. The number of urea groups is 1. The zero-order valence-corrected chi connectivity index (χ0v) is 12.5. The van der Waals surface area contributed by atoms with Gasteiger partial charge in [0.2, 0.25) is 0 Å². The molecule has 0 aromatic carbocycles. The number of rotatable bonds is 6. The van der Waals surface area contributed by atoms with Gasteiger partial charge in [0.15, 0.2) is 0 Å². The van der Waals surface area contributed by atoms with Crippen LogP contribution in [0.5, 0.6) is 0 Å². The van der Waals surface area contributed by atoms with Gasteiger partial charge in [0, 0.05) is 30.8 Å². The Morgan fingerprint density at radius 3 is 2.84 bits per heavy atom. The maximum Gasteiger partial charge on any atom is 0.317 e. The molecule has 1 aliphatic heterocycles. The fourth-order valence-corrected chi connectivity index (χ4v) is 2.52. The van der Waals surface area contributed by atoms with E-state index in [2.05, 4.69) is 12.2 Å². The zero-order valence-electron chi connectivity index (χ0n) is 11.7. The molecule has 110 valence electrons. The molecule has 0 aromatic rings. The summed E-state index contributed by atoms with van der Waals surface area (Å²) in [5, 5.41) is 12.1. The molecule has 0 bridgehead atoms. The number of nitrogens with zero attached hydrogens (tertiary/aromatic N) is 1. The van der Waals surface area contributed by atoms with Gasteiger partial charge in [-0.2, -0.15) is 11.8 Å². The minimum Gasteiger partial charge on any atom is -0.481 e. The van der Waals surface area contributed by atoms with Crippen LogP contribution in [0.1, 0.15) is 39.0 Å². The molecule has 19 heavy (non-hydrogen) atoms. The van der Waals surface area contributed by atoms with Crippen molar-refractivity contribution in [1.82, 2.24) is 10.2 Å². The lowest BCUT2D eigenvalue weighted by Crippen LogP contribution is -2.49. The zero-order chi connectivity index (χ0) is 14.3. The third-order valence-electron chi connectivity index (χ3n) is 3.52. The minimum atomic E-state index is -0.790. The number of amides is 2. The van der Waals surface area contributed by atoms with Gasteiger partial charge in [-0.3, -0.25) is 4.79 Å². The fourth-order valence-electron chi connectivity index (χ4n) is 2.27. The number of carbonyl (C=O) groups excluding carboxylic acids is 1. The highest BCUT2D eigenvalue weighted by molar-refractivity contribution is 7.99. The molecule has 2 unspecified atom stereocenters. The molecule has 1 saturated heterocycles. The number of likely N-dealkylation sites (tertiary alicyclic amines) is 1. The van der Waals surface area contributed by atoms with Gasteiger partial charge in [0.25, 0.3) is 0 Å². The van der Waals surface area contributed by atoms with Crippen molar-refractivity contribution in [3.05, 3.63) is 0 Å². The summed E-state index contributed by atoms with van der Waals surface area (Å²) in [6.45, 7) is 3.47. The number of nitrogens with one attached hydrogen (secondary N) is 1. The van der Waals surface area contributed by atoms with E-state index in [9.17, 15) is 9.59 Å². The highest BCUT2D eigenvalue weighted by atomic mass is 32.2. The Bertz CT molecular complexity index is 312. The molecule has 0 spiro atoms. The van der Waals surface area contributed by atoms with Crippen molar-refractivity contribution in [2.45, 2.75) is 50.3 Å². The summed E-state index contributed by atoms with van der Waals surface area (Å²) in [6, 6.07) is 0.0328. The normalized spacial score (nSPS) is 20.9. The molecule has 1 fully saturated rings. The highest BCUT2D eigenvalue weighted by Gasteiger charge is 2.26. The summed E-state index contributed by atoms with van der Waals surface area (Å²) >= 11 is 1.72. The van der Waals surface area contributed by atoms with Crippen molar-refractivity contribution in [3.8, 4) is 0 Å². The lowest BCUT2D eigenvalue weighted by Gasteiger charge is -2.35. The molecule has 2 amide bonds. The molecule has 0 aromatic heterocycles. The number of carboxylic acid groups (broad SMARTS) is 1. The van der Waals surface area contributed by atoms with Crippen LogP contribution in [0.25, 0.3) is 0 Å². The molecular weight excluding hydrogens is 264 g/mol. The van der Waals surface area contributed by atoms with Crippen LogP contribution in [0.3, 0.4) is 0 Å². The molecule has 5 nitrogen and oxygen atoms in total. The fraction of sp³-hybridized carbons (Fsp3) is 0.846. The third kappa shape index (κ3) is 5.72. The van der Waals surface area contributed by atoms with Gasteiger partial charge in [-0.15, -0.1) is 0 Å². The average Bonchev–Trinajstić information content (AvgIpc) is 2.42. The summed E-state index contributed by atoms with van der Waals surface area (Å²) in [7, 11) is 0. The molecule has 0 aliphatic carbocycles. The van der Waals surface area contributed by atoms with E-state index in [1.54, 1.807) is 11.8 Å². The largest absolute Gasteiger partial charge is 0.481 e. The number of hydrogen-bond acceptors (Lipinski definition) is 3. The van der Waals surface area contributed by atoms with Crippen molar-refractivity contribution >= 4 is 23.8 Å². The molecule has 1 aliphatic rings. The Labute approximate surface area is 119 Å². The number of carboxylic acids is 1. The van der Waals surface area contributed by atoms with Crippen LogP contribution in [0.15, 0.2) is 0 Å². The summed E-state index contributed by atoms with van der Waals surface area (Å²) in [4.78, 5) is 24.6. The number of thioether (sulfide) groups is 1. The molecule has 2 atom stereocenters. The first-order valence-electron chi connectivity index (χ1n) is 6.83. The third-order valence-corrected chi connectivity index (χ3v) is 4.49. The Morgan fingerprint density at radius 2 is 2.21 bits per heavy atom. The van der Waals surface area contributed by atoms with E-state index in [0.29, 0.717) is 18.2 Å². The highest BCUT2D eigenvalue weighted by Crippen LogP contribution is 2.21. The van der Waals surface area contributed by atoms with Crippen molar-refractivity contribution < 1.29 is 14.7 Å². The molecular formula is C13H24N2O3S. The number of carbonyl (C=O) groups is 2. The summed E-state index contributed by atoms with van der Waals surface area (Å²) < 4.78 is 0. The second-order valence-electron chi connectivity index (χ2n) is 5.01. The van der Waals surface area contributed by atoms with Crippen molar-refractivity contribution in [1.29, 1.82) is 0 Å². The minimum absolute atomic E-state index is 0.0454. The van der Waals surface area contributed by atoms with Crippen molar-refractivity contribution in [2.24, 2.45) is 0 Å². The topological polar surface area (TPSA) is 69.6 Å². The predicted molar refractivity (Wildman–Crippen MR) is 77.6 cm³/mol. The number of aliphatic carboxylic acids is 1. The van der Waals surface area contributed by atoms with Gasteiger partial charge in [-0.25, -0.2) is 4.79 Å². The van der Waals surface area contributed by atoms with E-state index < -0.39 is 5.97 Å². The first-order chi connectivity index (χ1) is 9.04. The van der Waals surface area contributed by atoms with E-state index in [4.69, 9.17) is 5.11 Å². The molecule has 2 N–H and O–H groups in total. The van der Waals surface area contributed by atoms with Crippen LogP contribution in [0.4, 0.5) is 4.79 Å². The lowest BCUT2D eigenvalue weighted by atomic mass is 9.98. The number of hydrogen-bond donors (Lipinski definition) is 2. The second-order valence-corrected chi connectivity index (χ2v) is 6.28. The van der Waals surface area contributed by atoms with Gasteiger partial charge in [0.1, 0.15) is 0 Å². The maximum absolute atomic E-state index is 12.1. The van der Waals surface area contributed by atoms with E-state index in [-0.39, 0.29) is 18.5 Å². The van der Waals surface area contributed by atoms with Gasteiger partial charge in [-0.1, -0.05) is 6.92 Å². The maximum atomic E-state index is 12.1. The first kappa shape index (κ1) is 16.1. The van der Waals surface area contributed by atoms with Gasteiger partial charge in [-0.05, 0) is 31.9 Å². The van der Waals surface area contributed by atoms with Crippen LogP contribution in [0.2, 0.25) is 0 Å². The van der Waals surface area contributed by atoms with Crippen LogP contribution in [-0.2, 0) is 4.79 Å². The summed E-state index contributed by atoms with van der Waals surface area (Å²) in [5.74, 6) is -0.790. The van der Waals surface area contributed by atoms with E-state index in [0.717, 1.165) is 25.8 Å². The molecule has 1 heterocycles. The smallest absolute Gasteiger partial charge is 0.317 e. The Hall–Kier alpha value is -0.910. The Balaban J connectivity index is 2.46. The molecule has 6 heteroatoms. The van der Waals surface area contributed by atoms with Crippen LogP contribution in [0, 0.1) is 0 Å². The van der Waals surface area contributed by atoms with Gasteiger partial charge in [0.05, 0.1) is 0 Å². The molecule has 0 radical (unpaired) electrons. The van der Waals surface area contributed by atoms with Gasteiger partial charge >= 0.3 is 12.0 Å². The predicted octanol–water partition coefficient (Wildman–Crippen LogP) is 2.17. The quantitative estimate of drug-likeness (QED) is 0.786. The van der Waals surface area contributed by atoms with Crippen LogP contribution in [-0.4, -0.2) is 52.6 Å². The Kier molecular flexibility index (Phi) is 7.05. The van der Waals surface area contributed by atoms with E-state index in [1.807, 2.05) is 11.2 Å². The number of piperidine rings is 1. The van der Waals surface area contributed by atoms with Crippen molar-refractivity contribution in [3.63, 3.8) is 0 Å². The van der Waals surface area contributed by atoms with E-state index >= 15 is 0 Å². The average molecular weight is 288 g/mol. The summed E-state index contributed by atoms with van der Waals surface area (Å²) in [6.07, 6.45) is 5.72. The Morgan fingerprint density at radius 1 is 1.47 bits per heavy atom. The molecule has 0 saturated carbocycles.